The molecule has 0 amide bonds. The van der Waals surface area contributed by atoms with Gasteiger partial charge in [-0.2, -0.15) is 0 Å². The van der Waals surface area contributed by atoms with Gasteiger partial charge in [-0.05, 0) is 51.6 Å². The average Bonchev–Trinajstić information content (AvgIpc) is 2.42. The molecule has 0 radical (unpaired) electrons. The minimum atomic E-state index is 0.0858. The monoisotopic (exact) mass is 259 g/mol. The lowest BCUT2D eigenvalue weighted by Crippen LogP contribution is -2.46. The number of aryl methyl sites for hydroxylation is 1. The Bertz CT molecular complexity index is 460. The van der Waals surface area contributed by atoms with E-state index < -0.39 is 0 Å². The van der Waals surface area contributed by atoms with Crippen molar-refractivity contribution in [2.45, 2.75) is 57.6 Å². The van der Waals surface area contributed by atoms with Gasteiger partial charge in [0, 0.05) is 18.0 Å². The Morgan fingerprint density at radius 2 is 2.00 bits per heavy atom. The van der Waals surface area contributed by atoms with Crippen LogP contribution in [0, 0.1) is 12.8 Å². The first kappa shape index (κ1) is 13.0. The zero-order valence-corrected chi connectivity index (χ0v) is 12.3. The van der Waals surface area contributed by atoms with E-state index in [4.69, 9.17) is 4.74 Å². The first-order valence-corrected chi connectivity index (χ1v) is 7.59. The van der Waals surface area contributed by atoms with Gasteiger partial charge >= 0.3 is 0 Å². The topological polar surface area (TPSA) is 21.3 Å². The van der Waals surface area contributed by atoms with E-state index in [9.17, 15) is 0 Å². The molecule has 1 spiro atoms. The second-order valence-electron chi connectivity index (χ2n) is 6.55. The van der Waals surface area contributed by atoms with Crippen LogP contribution in [0.5, 0.6) is 5.75 Å². The van der Waals surface area contributed by atoms with E-state index >= 15 is 0 Å². The zero-order chi connectivity index (χ0) is 13.5. The molecule has 104 valence electrons. The molecule has 1 aliphatic carbocycles. The van der Waals surface area contributed by atoms with Gasteiger partial charge in [0.05, 0.1) is 0 Å². The van der Waals surface area contributed by atoms with Gasteiger partial charge in [-0.25, -0.2) is 0 Å². The fourth-order valence-corrected chi connectivity index (χ4v) is 3.64. The Labute approximate surface area is 116 Å². The first-order valence-electron chi connectivity index (χ1n) is 7.59. The molecule has 1 saturated carbocycles. The first-order chi connectivity index (χ1) is 9.12. The van der Waals surface area contributed by atoms with Crippen LogP contribution in [-0.2, 0) is 0 Å². The molecule has 1 aliphatic heterocycles. The van der Waals surface area contributed by atoms with Crippen LogP contribution in [-0.4, -0.2) is 12.6 Å². The van der Waals surface area contributed by atoms with E-state index in [-0.39, 0.29) is 5.60 Å². The molecule has 1 fully saturated rings. The third-order valence-electron chi connectivity index (χ3n) is 4.98. The SMILES string of the molecule is CNC1CC2(CCC(C)CC2)Oc2ccc(C)cc21. The van der Waals surface area contributed by atoms with Crippen LogP contribution in [0.3, 0.4) is 0 Å². The molecular weight excluding hydrogens is 234 g/mol. The molecule has 0 aromatic heterocycles. The van der Waals surface area contributed by atoms with Crippen molar-refractivity contribution >= 4 is 0 Å². The number of ether oxygens (including phenoxy) is 1. The van der Waals surface area contributed by atoms with Gasteiger partial charge in [-0.15, -0.1) is 0 Å². The van der Waals surface area contributed by atoms with Crippen LogP contribution < -0.4 is 10.1 Å². The number of nitrogens with one attached hydrogen (secondary N) is 1. The van der Waals surface area contributed by atoms with E-state index in [0.29, 0.717) is 6.04 Å². The van der Waals surface area contributed by atoms with Crippen molar-refractivity contribution in [2.24, 2.45) is 5.92 Å². The molecule has 1 aromatic rings. The van der Waals surface area contributed by atoms with Gasteiger partial charge in [-0.1, -0.05) is 24.6 Å². The van der Waals surface area contributed by atoms with Gasteiger partial charge < -0.3 is 10.1 Å². The maximum Gasteiger partial charge on any atom is 0.124 e. The van der Waals surface area contributed by atoms with Crippen LogP contribution in [0.15, 0.2) is 18.2 Å². The zero-order valence-electron chi connectivity index (χ0n) is 12.3. The highest BCUT2D eigenvalue weighted by Gasteiger charge is 2.42. The molecule has 19 heavy (non-hydrogen) atoms. The van der Waals surface area contributed by atoms with Crippen LogP contribution in [0.1, 0.15) is 56.2 Å². The van der Waals surface area contributed by atoms with E-state index in [2.05, 4.69) is 44.4 Å². The Kier molecular flexibility index (Phi) is 3.30. The highest BCUT2D eigenvalue weighted by molar-refractivity contribution is 5.41. The summed E-state index contributed by atoms with van der Waals surface area (Å²) in [6.45, 7) is 4.52. The number of benzene rings is 1. The van der Waals surface area contributed by atoms with E-state index in [1.807, 2.05) is 0 Å². The van der Waals surface area contributed by atoms with Crippen LogP contribution in [0.2, 0.25) is 0 Å². The second kappa shape index (κ2) is 4.82. The van der Waals surface area contributed by atoms with Gasteiger partial charge in [0.1, 0.15) is 11.4 Å². The third kappa shape index (κ3) is 2.38. The summed E-state index contributed by atoms with van der Waals surface area (Å²) < 4.78 is 6.46. The van der Waals surface area contributed by atoms with Gasteiger partial charge in [0.25, 0.3) is 0 Å². The molecule has 0 saturated heterocycles. The molecule has 1 aromatic carbocycles. The molecule has 1 heterocycles. The average molecular weight is 259 g/mol. The van der Waals surface area contributed by atoms with Crippen molar-refractivity contribution in [1.82, 2.24) is 5.32 Å². The third-order valence-corrected chi connectivity index (χ3v) is 4.98. The van der Waals surface area contributed by atoms with Crippen LogP contribution >= 0.6 is 0 Å². The lowest BCUT2D eigenvalue weighted by atomic mass is 9.74. The Morgan fingerprint density at radius 1 is 1.26 bits per heavy atom. The Hall–Kier alpha value is -1.02. The van der Waals surface area contributed by atoms with Gasteiger partial charge in [0.15, 0.2) is 0 Å². The summed E-state index contributed by atoms with van der Waals surface area (Å²) in [5.41, 5.74) is 2.74. The molecule has 1 unspecified atom stereocenters. The van der Waals surface area contributed by atoms with Crippen molar-refractivity contribution in [1.29, 1.82) is 0 Å². The van der Waals surface area contributed by atoms with E-state index in [1.165, 1.54) is 36.8 Å². The largest absolute Gasteiger partial charge is 0.487 e. The predicted octanol–water partition coefficient (Wildman–Crippen LogP) is 3.99. The molecule has 2 heteroatoms. The fraction of sp³-hybridized carbons (Fsp3) is 0.647. The number of fused-ring (bicyclic) bond motifs is 1. The fourth-order valence-electron chi connectivity index (χ4n) is 3.64. The summed E-state index contributed by atoms with van der Waals surface area (Å²) in [5, 5.41) is 3.49. The summed E-state index contributed by atoms with van der Waals surface area (Å²) in [4.78, 5) is 0. The summed E-state index contributed by atoms with van der Waals surface area (Å²) in [7, 11) is 2.07. The van der Waals surface area contributed by atoms with Crippen molar-refractivity contribution < 1.29 is 4.74 Å². The number of hydrogen-bond acceptors (Lipinski definition) is 2. The molecule has 3 rings (SSSR count). The molecule has 1 atom stereocenters. The Balaban J connectivity index is 1.91. The van der Waals surface area contributed by atoms with Gasteiger partial charge in [-0.3, -0.25) is 0 Å². The highest BCUT2D eigenvalue weighted by Crippen LogP contribution is 2.47. The lowest BCUT2D eigenvalue weighted by molar-refractivity contribution is -0.0120. The predicted molar refractivity (Wildman–Crippen MR) is 78.6 cm³/mol. The maximum absolute atomic E-state index is 6.46. The number of rotatable bonds is 1. The Morgan fingerprint density at radius 3 is 2.68 bits per heavy atom. The van der Waals surface area contributed by atoms with Gasteiger partial charge in [0.2, 0.25) is 0 Å². The lowest BCUT2D eigenvalue weighted by Gasteiger charge is -2.45. The number of hydrogen-bond donors (Lipinski definition) is 1. The second-order valence-corrected chi connectivity index (χ2v) is 6.55. The van der Waals surface area contributed by atoms with Crippen LogP contribution in [0.4, 0.5) is 0 Å². The normalized spacial score (nSPS) is 33.8. The quantitative estimate of drug-likeness (QED) is 0.823. The van der Waals surface area contributed by atoms with E-state index in [1.54, 1.807) is 0 Å². The molecule has 1 N–H and O–H groups in total. The summed E-state index contributed by atoms with van der Waals surface area (Å²) in [5.74, 6) is 1.97. The standard InChI is InChI=1S/C17H25NO/c1-12-6-8-17(9-7-12)11-15(18-3)14-10-13(2)4-5-16(14)19-17/h4-5,10,12,15,18H,6-9,11H2,1-3H3. The van der Waals surface area contributed by atoms with Crippen LogP contribution in [0.25, 0.3) is 0 Å². The summed E-state index contributed by atoms with van der Waals surface area (Å²) in [6.07, 6.45) is 6.14. The minimum Gasteiger partial charge on any atom is -0.487 e. The molecule has 2 aliphatic rings. The smallest absolute Gasteiger partial charge is 0.124 e. The molecule has 0 bridgehead atoms. The van der Waals surface area contributed by atoms with Crippen molar-refractivity contribution in [3.8, 4) is 5.75 Å². The van der Waals surface area contributed by atoms with E-state index in [0.717, 1.165) is 18.1 Å². The highest BCUT2D eigenvalue weighted by atomic mass is 16.5. The van der Waals surface area contributed by atoms with Crippen molar-refractivity contribution in [3.63, 3.8) is 0 Å². The summed E-state index contributed by atoms with van der Waals surface area (Å²) in [6, 6.07) is 7.04. The maximum atomic E-state index is 6.46. The minimum absolute atomic E-state index is 0.0858. The molecule has 2 nitrogen and oxygen atoms in total. The molecular formula is C17H25NO. The summed E-state index contributed by atoms with van der Waals surface area (Å²) >= 11 is 0. The van der Waals surface area contributed by atoms with Crippen molar-refractivity contribution in [2.75, 3.05) is 7.05 Å². The van der Waals surface area contributed by atoms with Crippen molar-refractivity contribution in [3.05, 3.63) is 29.3 Å².